The van der Waals surface area contributed by atoms with Gasteiger partial charge in [0.2, 0.25) is 0 Å². The standard InChI is InChI=1S/C15H24N4/c1-18-14(16-17-15(18)12-6-7-12)10-19-9-8-11-4-2-3-5-13(11)19/h11-13H,2-10H2,1H3/t11-,13-/m0/s1. The second-order valence-corrected chi connectivity index (χ2v) is 6.68. The molecule has 4 rings (SSSR count). The summed E-state index contributed by atoms with van der Waals surface area (Å²) in [5.41, 5.74) is 0. The quantitative estimate of drug-likeness (QED) is 0.837. The van der Waals surface area contributed by atoms with Crippen LogP contribution in [0.2, 0.25) is 0 Å². The van der Waals surface area contributed by atoms with Gasteiger partial charge in [-0.3, -0.25) is 4.90 Å². The van der Waals surface area contributed by atoms with Crippen molar-refractivity contribution >= 4 is 0 Å². The van der Waals surface area contributed by atoms with E-state index in [0.29, 0.717) is 5.92 Å². The van der Waals surface area contributed by atoms with E-state index in [-0.39, 0.29) is 0 Å². The van der Waals surface area contributed by atoms with Crippen LogP contribution in [0.25, 0.3) is 0 Å². The Morgan fingerprint density at radius 1 is 1.05 bits per heavy atom. The lowest BCUT2D eigenvalue weighted by atomic mass is 9.85. The van der Waals surface area contributed by atoms with Gasteiger partial charge in [-0.15, -0.1) is 10.2 Å². The number of likely N-dealkylation sites (tertiary alicyclic amines) is 1. The van der Waals surface area contributed by atoms with Gasteiger partial charge in [0.15, 0.2) is 0 Å². The molecule has 4 nitrogen and oxygen atoms in total. The molecule has 2 heterocycles. The van der Waals surface area contributed by atoms with E-state index >= 15 is 0 Å². The Kier molecular flexibility index (Phi) is 2.87. The second-order valence-electron chi connectivity index (χ2n) is 6.68. The molecule has 0 unspecified atom stereocenters. The van der Waals surface area contributed by atoms with Crippen LogP contribution in [0.3, 0.4) is 0 Å². The molecule has 4 heteroatoms. The first-order valence-corrected chi connectivity index (χ1v) is 7.95. The zero-order valence-electron chi connectivity index (χ0n) is 11.9. The van der Waals surface area contributed by atoms with Gasteiger partial charge in [0.05, 0.1) is 6.54 Å². The van der Waals surface area contributed by atoms with Gasteiger partial charge in [0, 0.05) is 19.0 Å². The fourth-order valence-corrected chi connectivity index (χ4v) is 4.09. The highest BCUT2D eigenvalue weighted by atomic mass is 15.3. The van der Waals surface area contributed by atoms with Gasteiger partial charge >= 0.3 is 0 Å². The van der Waals surface area contributed by atoms with Gasteiger partial charge in [0.25, 0.3) is 0 Å². The zero-order chi connectivity index (χ0) is 12.8. The molecule has 2 aliphatic carbocycles. The third kappa shape index (κ3) is 2.10. The van der Waals surface area contributed by atoms with E-state index in [1.807, 2.05) is 0 Å². The topological polar surface area (TPSA) is 34.0 Å². The molecule has 2 saturated carbocycles. The first kappa shape index (κ1) is 11.9. The number of fused-ring (bicyclic) bond motifs is 1. The molecule has 0 bridgehead atoms. The number of nitrogens with zero attached hydrogens (tertiary/aromatic N) is 4. The summed E-state index contributed by atoms with van der Waals surface area (Å²) in [6.45, 7) is 2.28. The second kappa shape index (κ2) is 4.58. The van der Waals surface area contributed by atoms with Gasteiger partial charge in [0.1, 0.15) is 11.6 Å². The van der Waals surface area contributed by atoms with Gasteiger partial charge in [-0.05, 0) is 44.6 Å². The normalized spacial score (nSPS) is 31.6. The smallest absolute Gasteiger partial charge is 0.146 e. The van der Waals surface area contributed by atoms with Crippen molar-refractivity contribution in [2.24, 2.45) is 13.0 Å². The van der Waals surface area contributed by atoms with Crippen LogP contribution in [0, 0.1) is 5.92 Å². The van der Waals surface area contributed by atoms with Crippen LogP contribution < -0.4 is 0 Å². The minimum absolute atomic E-state index is 0.701. The third-order valence-corrected chi connectivity index (χ3v) is 5.41. The Balaban J connectivity index is 1.49. The Hall–Kier alpha value is -0.900. The van der Waals surface area contributed by atoms with Crippen molar-refractivity contribution in [3.63, 3.8) is 0 Å². The largest absolute Gasteiger partial charge is 0.317 e. The van der Waals surface area contributed by atoms with Gasteiger partial charge in [-0.25, -0.2) is 0 Å². The van der Waals surface area contributed by atoms with Crippen molar-refractivity contribution in [2.75, 3.05) is 6.54 Å². The first-order chi connectivity index (χ1) is 9.33. The van der Waals surface area contributed by atoms with Gasteiger partial charge in [-0.1, -0.05) is 12.8 Å². The molecule has 0 N–H and O–H groups in total. The van der Waals surface area contributed by atoms with Crippen molar-refractivity contribution in [2.45, 2.75) is 63.5 Å². The lowest BCUT2D eigenvalue weighted by Gasteiger charge is -2.31. The molecule has 3 fully saturated rings. The van der Waals surface area contributed by atoms with Crippen LogP contribution in [0.1, 0.15) is 62.5 Å². The summed E-state index contributed by atoms with van der Waals surface area (Å²) in [5, 5.41) is 8.86. The van der Waals surface area contributed by atoms with Crippen molar-refractivity contribution in [3.05, 3.63) is 11.6 Å². The molecule has 1 saturated heterocycles. The average Bonchev–Trinajstić information content (AvgIpc) is 3.10. The number of hydrogen-bond donors (Lipinski definition) is 0. The molecule has 1 aliphatic heterocycles. The van der Waals surface area contributed by atoms with E-state index in [1.165, 1.54) is 63.1 Å². The summed E-state index contributed by atoms with van der Waals surface area (Å²) in [5.74, 6) is 4.06. The molecule has 19 heavy (non-hydrogen) atoms. The molecular formula is C15H24N4. The van der Waals surface area contributed by atoms with Crippen LogP contribution in [0.4, 0.5) is 0 Å². The zero-order valence-corrected chi connectivity index (χ0v) is 11.9. The summed E-state index contributed by atoms with van der Waals surface area (Å²) in [4.78, 5) is 2.67. The van der Waals surface area contributed by atoms with Gasteiger partial charge < -0.3 is 4.57 Å². The highest BCUT2D eigenvalue weighted by Gasteiger charge is 2.36. The molecule has 0 aromatic carbocycles. The van der Waals surface area contributed by atoms with Crippen molar-refractivity contribution in [1.29, 1.82) is 0 Å². The highest BCUT2D eigenvalue weighted by molar-refractivity contribution is 5.08. The summed E-state index contributed by atoms with van der Waals surface area (Å²) >= 11 is 0. The van der Waals surface area contributed by atoms with Crippen LogP contribution in [0.15, 0.2) is 0 Å². The summed E-state index contributed by atoms with van der Waals surface area (Å²) in [6, 6.07) is 0.829. The minimum Gasteiger partial charge on any atom is -0.317 e. The Labute approximate surface area is 115 Å². The lowest BCUT2D eigenvalue weighted by molar-refractivity contribution is 0.171. The number of hydrogen-bond acceptors (Lipinski definition) is 3. The maximum atomic E-state index is 4.45. The fraction of sp³-hybridized carbons (Fsp3) is 0.867. The molecule has 1 aromatic rings. The first-order valence-electron chi connectivity index (χ1n) is 7.95. The van der Waals surface area contributed by atoms with Crippen molar-refractivity contribution < 1.29 is 0 Å². The van der Waals surface area contributed by atoms with E-state index in [0.717, 1.165) is 18.5 Å². The molecule has 2 atom stereocenters. The summed E-state index contributed by atoms with van der Waals surface area (Å²) < 4.78 is 2.26. The van der Waals surface area contributed by atoms with Gasteiger partial charge in [-0.2, -0.15) is 0 Å². The van der Waals surface area contributed by atoms with Crippen LogP contribution in [0.5, 0.6) is 0 Å². The summed E-state index contributed by atoms with van der Waals surface area (Å²) in [7, 11) is 2.15. The fourth-order valence-electron chi connectivity index (χ4n) is 4.09. The predicted molar refractivity (Wildman–Crippen MR) is 73.8 cm³/mol. The molecule has 1 aromatic heterocycles. The molecule has 3 aliphatic rings. The molecule has 0 spiro atoms. The SMILES string of the molecule is Cn1c(CN2CC[C@@H]3CCCC[C@@H]32)nnc1C1CC1. The minimum atomic E-state index is 0.701. The maximum Gasteiger partial charge on any atom is 0.146 e. The molecular weight excluding hydrogens is 236 g/mol. The highest BCUT2D eigenvalue weighted by Crippen LogP contribution is 2.39. The molecule has 0 radical (unpaired) electrons. The predicted octanol–water partition coefficient (Wildman–Crippen LogP) is 2.46. The maximum absolute atomic E-state index is 4.45. The Morgan fingerprint density at radius 3 is 2.74 bits per heavy atom. The Bertz CT molecular complexity index is 463. The van der Waals surface area contributed by atoms with E-state index in [4.69, 9.17) is 0 Å². The summed E-state index contributed by atoms with van der Waals surface area (Å²) in [6.07, 6.45) is 9.73. The third-order valence-electron chi connectivity index (χ3n) is 5.41. The van der Waals surface area contributed by atoms with E-state index < -0.39 is 0 Å². The van der Waals surface area contributed by atoms with E-state index in [1.54, 1.807) is 0 Å². The number of aromatic nitrogens is 3. The monoisotopic (exact) mass is 260 g/mol. The van der Waals surface area contributed by atoms with Crippen molar-refractivity contribution in [3.8, 4) is 0 Å². The van der Waals surface area contributed by atoms with E-state index in [9.17, 15) is 0 Å². The average molecular weight is 260 g/mol. The molecule has 0 amide bonds. The van der Waals surface area contributed by atoms with E-state index in [2.05, 4.69) is 26.7 Å². The molecule has 104 valence electrons. The lowest BCUT2D eigenvalue weighted by Crippen LogP contribution is -2.35. The number of rotatable bonds is 3. The van der Waals surface area contributed by atoms with Crippen LogP contribution in [-0.2, 0) is 13.6 Å². The van der Waals surface area contributed by atoms with Crippen LogP contribution >= 0.6 is 0 Å². The van der Waals surface area contributed by atoms with Crippen molar-refractivity contribution in [1.82, 2.24) is 19.7 Å². The van der Waals surface area contributed by atoms with Crippen LogP contribution in [-0.4, -0.2) is 32.3 Å². The Morgan fingerprint density at radius 2 is 1.89 bits per heavy atom.